The third-order valence-electron chi connectivity index (χ3n) is 3.59. The Balaban J connectivity index is 2.34. The second kappa shape index (κ2) is 6.44. The van der Waals surface area contributed by atoms with Crippen LogP contribution >= 0.6 is 11.3 Å². The van der Waals surface area contributed by atoms with E-state index in [1.807, 2.05) is 0 Å². The molecule has 19 heavy (non-hydrogen) atoms. The van der Waals surface area contributed by atoms with Crippen LogP contribution in [0.1, 0.15) is 50.1 Å². The van der Waals surface area contributed by atoms with Gasteiger partial charge in [0.05, 0.1) is 5.69 Å². The number of hydrogen-bond donors (Lipinski definition) is 1. The maximum Gasteiger partial charge on any atom is 0.127 e. The van der Waals surface area contributed by atoms with Gasteiger partial charge in [-0.1, -0.05) is 13.8 Å². The van der Waals surface area contributed by atoms with Crippen LogP contribution in [0.15, 0.2) is 12.4 Å². The van der Waals surface area contributed by atoms with Gasteiger partial charge in [-0.25, -0.2) is 9.97 Å². The molecule has 0 saturated carbocycles. The van der Waals surface area contributed by atoms with Crippen LogP contribution in [0.5, 0.6) is 0 Å². The molecule has 4 heteroatoms. The summed E-state index contributed by atoms with van der Waals surface area (Å²) in [5.41, 5.74) is 1.20. The minimum Gasteiger partial charge on any atom is -0.314 e. The largest absolute Gasteiger partial charge is 0.314 e. The zero-order valence-electron chi connectivity index (χ0n) is 12.2. The summed E-state index contributed by atoms with van der Waals surface area (Å²) in [6.45, 7) is 9.90. The van der Waals surface area contributed by atoms with Gasteiger partial charge in [0.25, 0.3) is 0 Å². The molecule has 0 aromatic carbocycles. The predicted molar refractivity (Wildman–Crippen MR) is 82.9 cm³/mol. The fourth-order valence-corrected chi connectivity index (χ4v) is 3.44. The Morgan fingerprint density at radius 2 is 2.11 bits per heavy atom. The Morgan fingerprint density at radius 3 is 2.79 bits per heavy atom. The van der Waals surface area contributed by atoms with Crippen LogP contribution in [0.4, 0.5) is 0 Å². The Hall–Kier alpha value is -1.00. The van der Waals surface area contributed by atoms with Crippen LogP contribution < -0.4 is 5.32 Å². The second-order valence-corrected chi connectivity index (χ2v) is 6.33. The van der Waals surface area contributed by atoms with E-state index in [2.05, 4.69) is 49.0 Å². The molecule has 0 spiro atoms. The van der Waals surface area contributed by atoms with E-state index in [9.17, 15) is 0 Å². The maximum atomic E-state index is 4.58. The molecule has 2 aromatic heterocycles. The second-order valence-electron chi connectivity index (χ2n) is 5.09. The van der Waals surface area contributed by atoms with Gasteiger partial charge in [-0.05, 0) is 39.3 Å². The van der Waals surface area contributed by atoms with E-state index in [0.717, 1.165) is 24.2 Å². The molecule has 0 bridgehead atoms. The quantitative estimate of drug-likeness (QED) is 0.870. The molecule has 3 nitrogen and oxygen atoms in total. The summed E-state index contributed by atoms with van der Waals surface area (Å²) in [5, 5.41) is 4.83. The predicted octanol–water partition coefficient (Wildman–Crippen LogP) is 3.88. The molecule has 0 saturated heterocycles. The SMILES string of the molecule is CCCNC(C)C(CC)c1ncnc2sc(C)cc12. The first-order valence-corrected chi connectivity index (χ1v) is 7.93. The number of nitrogens with zero attached hydrogens (tertiary/aromatic N) is 2. The first-order chi connectivity index (χ1) is 9.17. The molecule has 0 aliphatic carbocycles. The number of rotatable bonds is 6. The van der Waals surface area contributed by atoms with Crippen molar-refractivity contribution in [3.63, 3.8) is 0 Å². The standard InChI is InChI=1S/C15H23N3S/c1-5-7-16-11(4)12(6-2)14-13-8-10(3)19-15(13)18-9-17-14/h8-9,11-12,16H,5-7H2,1-4H3. The normalized spacial score (nSPS) is 14.7. The Kier molecular flexibility index (Phi) is 4.88. The summed E-state index contributed by atoms with van der Waals surface area (Å²) in [7, 11) is 0. The van der Waals surface area contributed by atoms with Gasteiger partial charge in [-0.2, -0.15) is 0 Å². The lowest BCUT2D eigenvalue weighted by Crippen LogP contribution is -2.33. The van der Waals surface area contributed by atoms with Gasteiger partial charge < -0.3 is 5.32 Å². The van der Waals surface area contributed by atoms with E-state index in [1.165, 1.54) is 16.0 Å². The van der Waals surface area contributed by atoms with Crippen molar-refractivity contribution in [2.75, 3.05) is 6.54 Å². The molecule has 0 amide bonds. The van der Waals surface area contributed by atoms with Crippen molar-refractivity contribution in [3.8, 4) is 0 Å². The first-order valence-electron chi connectivity index (χ1n) is 7.11. The van der Waals surface area contributed by atoms with Crippen molar-refractivity contribution < 1.29 is 0 Å². The molecule has 104 valence electrons. The molecule has 0 aliphatic heterocycles. The van der Waals surface area contributed by atoms with Gasteiger partial charge in [0.15, 0.2) is 0 Å². The fraction of sp³-hybridized carbons (Fsp3) is 0.600. The number of hydrogen-bond acceptors (Lipinski definition) is 4. The summed E-state index contributed by atoms with van der Waals surface area (Å²) in [4.78, 5) is 11.4. The van der Waals surface area contributed by atoms with Gasteiger partial charge >= 0.3 is 0 Å². The number of fused-ring (bicyclic) bond motifs is 1. The molecule has 0 fully saturated rings. The lowest BCUT2D eigenvalue weighted by Gasteiger charge is -2.23. The third kappa shape index (κ3) is 3.12. The third-order valence-corrected chi connectivity index (χ3v) is 4.55. The lowest BCUT2D eigenvalue weighted by atomic mass is 9.92. The van der Waals surface area contributed by atoms with Gasteiger partial charge in [0.1, 0.15) is 11.2 Å². The summed E-state index contributed by atoms with van der Waals surface area (Å²) in [5.74, 6) is 0.450. The van der Waals surface area contributed by atoms with Crippen LogP contribution in [0, 0.1) is 6.92 Å². The van der Waals surface area contributed by atoms with E-state index in [0.29, 0.717) is 12.0 Å². The van der Waals surface area contributed by atoms with E-state index in [1.54, 1.807) is 17.7 Å². The van der Waals surface area contributed by atoms with E-state index < -0.39 is 0 Å². The molecule has 2 unspecified atom stereocenters. The molecule has 0 radical (unpaired) electrons. The van der Waals surface area contributed by atoms with Crippen molar-refractivity contribution in [1.29, 1.82) is 0 Å². The number of aromatic nitrogens is 2. The smallest absolute Gasteiger partial charge is 0.127 e. The molecule has 2 rings (SSSR count). The average Bonchev–Trinajstić information content (AvgIpc) is 2.78. The number of thiophene rings is 1. The van der Waals surface area contributed by atoms with Crippen molar-refractivity contribution in [1.82, 2.24) is 15.3 Å². The highest BCUT2D eigenvalue weighted by atomic mass is 32.1. The monoisotopic (exact) mass is 277 g/mol. The average molecular weight is 277 g/mol. The molecule has 1 N–H and O–H groups in total. The van der Waals surface area contributed by atoms with Crippen LogP contribution in [0.25, 0.3) is 10.2 Å². The molecule has 0 aliphatic rings. The van der Waals surface area contributed by atoms with Crippen molar-refractivity contribution in [2.45, 2.75) is 52.5 Å². The molecular weight excluding hydrogens is 254 g/mol. The maximum absolute atomic E-state index is 4.58. The summed E-state index contributed by atoms with van der Waals surface area (Å²) >= 11 is 1.75. The molecule has 2 heterocycles. The Morgan fingerprint density at radius 1 is 1.32 bits per heavy atom. The van der Waals surface area contributed by atoms with Gasteiger partial charge in [-0.3, -0.25) is 0 Å². The van der Waals surface area contributed by atoms with E-state index in [4.69, 9.17) is 0 Å². The molecular formula is C15H23N3S. The zero-order valence-corrected chi connectivity index (χ0v) is 13.0. The summed E-state index contributed by atoms with van der Waals surface area (Å²) < 4.78 is 0. The highest BCUT2D eigenvalue weighted by Gasteiger charge is 2.21. The number of aryl methyl sites for hydroxylation is 1. The van der Waals surface area contributed by atoms with Crippen LogP contribution in [0.3, 0.4) is 0 Å². The van der Waals surface area contributed by atoms with E-state index in [-0.39, 0.29) is 0 Å². The van der Waals surface area contributed by atoms with E-state index >= 15 is 0 Å². The van der Waals surface area contributed by atoms with Gasteiger partial charge in [0.2, 0.25) is 0 Å². The van der Waals surface area contributed by atoms with Gasteiger partial charge in [0, 0.05) is 22.2 Å². The van der Waals surface area contributed by atoms with Crippen LogP contribution in [-0.2, 0) is 0 Å². The highest BCUT2D eigenvalue weighted by molar-refractivity contribution is 7.18. The Bertz CT molecular complexity index is 535. The molecule has 2 aromatic rings. The highest BCUT2D eigenvalue weighted by Crippen LogP contribution is 2.31. The van der Waals surface area contributed by atoms with Crippen molar-refractivity contribution in [2.24, 2.45) is 0 Å². The van der Waals surface area contributed by atoms with Crippen molar-refractivity contribution in [3.05, 3.63) is 23.0 Å². The lowest BCUT2D eigenvalue weighted by molar-refractivity contribution is 0.445. The minimum absolute atomic E-state index is 0.447. The first kappa shape index (κ1) is 14.4. The number of nitrogens with one attached hydrogen (secondary N) is 1. The van der Waals surface area contributed by atoms with Gasteiger partial charge in [-0.15, -0.1) is 11.3 Å². The minimum atomic E-state index is 0.447. The topological polar surface area (TPSA) is 37.8 Å². The molecule has 2 atom stereocenters. The summed E-state index contributed by atoms with van der Waals surface area (Å²) in [6.07, 6.45) is 3.97. The zero-order chi connectivity index (χ0) is 13.8. The van der Waals surface area contributed by atoms with Crippen molar-refractivity contribution >= 4 is 21.6 Å². The van der Waals surface area contributed by atoms with Crippen LogP contribution in [0.2, 0.25) is 0 Å². The Labute approximate surface area is 119 Å². The van der Waals surface area contributed by atoms with Crippen LogP contribution in [-0.4, -0.2) is 22.6 Å². The fourth-order valence-electron chi connectivity index (χ4n) is 2.59. The summed E-state index contributed by atoms with van der Waals surface area (Å²) in [6, 6.07) is 2.67.